The molecule has 0 aliphatic heterocycles. The lowest BCUT2D eigenvalue weighted by Crippen LogP contribution is -2.54. The molecular formula is C15H22N2O3S. The third-order valence-electron chi connectivity index (χ3n) is 3.96. The van der Waals surface area contributed by atoms with Crippen molar-refractivity contribution in [3.8, 4) is 0 Å². The number of aliphatic carboxylic acids is 1. The molecular weight excluding hydrogens is 288 g/mol. The van der Waals surface area contributed by atoms with Crippen molar-refractivity contribution >= 4 is 23.2 Å². The first-order valence-electron chi connectivity index (χ1n) is 7.34. The summed E-state index contributed by atoms with van der Waals surface area (Å²) < 4.78 is 0. The van der Waals surface area contributed by atoms with Crippen LogP contribution in [0.4, 0.5) is 0 Å². The Hall–Kier alpha value is -1.40. The molecule has 1 amide bonds. The lowest BCUT2D eigenvalue weighted by molar-refractivity contribution is -0.139. The van der Waals surface area contributed by atoms with Gasteiger partial charge in [-0.3, -0.25) is 14.5 Å². The van der Waals surface area contributed by atoms with E-state index in [1.165, 1.54) is 5.56 Å². The van der Waals surface area contributed by atoms with E-state index in [1.54, 1.807) is 11.3 Å². The van der Waals surface area contributed by atoms with Gasteiger partial charge in [-0.05, 0) is 48.2 Å². The van der Waals surface area contributed by atoms with Gasteiger partial charge in [-0.15, -0.1) is 0 Å². The summed E-state index contributed by atoms with van der Waals surface area (Å²) in [7, 11) is 0. The number of thiophene rings is 1. The van der Waals surface area contributed by atoms with E-state index in [2.05, 4.69) is 10.7 Å². The highest BCUT2D eigenvalue weighted by Crippen LogP contribution is 2.25. The number of nitrogens with zero attached hydrogens (tertiary/aromatic N) is 1. The Morgan fingerprint density at radius 2 is 2.24 bits per heavy atom. The molecule has 0 radical (unpaired) electrons. The topological polar surface area (TPSA) is 69.6 Å². The first-order valence-corrected chi connectivity index (χ1v) is 8.29. The van der Waals surface area contributed by atoms with Gasteiger partial charge in [0.15, 0.2) is 0 Å². The second-order valence-corrected chi connectivity index (χ2v) is 6.26. The molecule has 1 aromatic heterocycles. The predicted octanol–water partition coefficient (Wildman–Crippen LogP) is 1.73. The molecule has 1 aliphatic carbocycles. The highest BCUT2D eigenvalue weighted by Gasteiger charge is 2.34. The van der Waals surface area contributed by atoms with Gasteiger partial charge in [0.25, 0.3) is 0 Å². The first kappa shape index (κ1) is 16.0. The number of aryl methyl sites for hydroxylation is 1. The zero-order valence-corrected chi connectivity index (χ0v) is 13.1. The van der Waals surface area contributed by atoms with Crippen molar-refractivity contribution in [1.29, 1.82) is 0 Å². The average molecular weight is 310 g/mol. The molecule has 116 valence electrons. The van der Waals surface area contributed by atoms with Crippen LogP contribution in [0.25, 0.3) is 0 Å². The van der Waals surface area contributed by atoms with Crippen molar-refractivity contribution < 1.29 is 14.7 Å². The summed E-state index contributed by atoms with van der Waals surface area (Å²) >= 11 is 1.65. The van der Waals surface area contributed by atoms with E-state index < -0.39 is 5.97 Å². The van der Waals surface area contributed by atoms with Crippen molar-refractivity contribution in [3.05, 3.63) is 22.4 Å². The van der Waals surface area contributed by atoms with Gasteiger partial charge in [0.05, 0.1) is 6.54 Å². The molecule has 1 heterocycles. The minimum absolute atomic E-state index is 0.0833. The molecule has 0 saturated heterocycles. The van der Waals surface area contributed by atoms with Crippen molar-refractivity contribution in [2.45, 2.75) is 44.7 Å². The van der Waals surface area contributed by atoms with Gasteiger partial charge in [0.2, 0.25) is 5.91 Å². The Balaban J connectivity index is 1.65. The molecule has 1 fully saturated rings. The molecule has 0 unspecified atom stereocenters. The van der Waals surface area contributed by atoms with E-state index in [9.17, 15) is 9.59 Å². The second-order valence-electron chi connectivity index (χ2n) is 5.48. The number of carbonyl (C=O) groups is 2. The van der Waals surface area contributed by atoms with Crippen LogP contribution in [0.1, 0.15) is 31.7 Å². The van der Waals surface area contributed by atoms with Crippen LogP contribution in [-0.4, -0.2) is 47.1 Å². The van der Waals surface area contributed by atoms with Gasteiger partial charge in [-0.1, -0.05) is 6.92 Å². The number of hydrogen-bond donors (Lipinski definition) is 2. The SMILES string of the molecule is CCN(CC(=O)O)C1CC(NC(=O)CCc2ccsc2)C1. The monoisotopic (exact) mass is 310 g/mol. The molecule has 5 nitrogen and oxygen atoms in total. The smallest absolute Gasteiger partial charge is 0.317 e. The van der Waals surface area contributed by atoms with Crippen LogP contribution in [0.3, 0.4) is 0 Å². The molecule has 0 atom stereocenters. The third-order valence-corrected chi connectivity index (χ3v) is 4.69. The number of rotatable bonds is 8. The second kappa shape index (κ2) is 7.56. The minimum Gasteiger partial charge on any atom is -0.480 e. The van der Waals surface area contributed by atoms with Crippen molar-refractivity contribution in [1.82, 2.24) is 10.2 Å². The zero-order valence-electron chi connectivity index (χ0n) is 12.2. The Kier molecular flexibility index (Phi) is 5.76. The highest BCUT2D eigenvalue weighted by atomic mass is 32.1. The minimum atomic E-state index is -0.792. The average Bonchev–Trinajstić information content (AvgIpc) is 2.90. The van der Waals surface area contributed by atoms with E-state index in [0.717, 1.165) is 25.8 Å². The molecule has 0 aromatic carbocycles. The van der Waals surface area contributed by atoms with Gasteiger partial charge in [0, 0.05) is 18.5 Å². The van der Waals surface area contributed by atoms with Gasteiger partial charge in [0.1, 0.15) is 0 Å². The highest BCUT2D eigenvalue weighted by molar-refractivity contribution is 7.07. The maximum absolute atomic E-state index is 11.8. The fourth-order valence-corrected chi connectivity index (χ4v) is 3.37. The van der Waals surface area contributed by atoms with Crippen LogP contribution in [0.5, 0.6) is 0 Å². The fraction of sp³-hybridized carbons (Fsp3) is 0.600. The summed E-state index contributed by atoms with van der Waals surface area (Å²) in [6, 6.07) is 2.53. The van der Waals surface area contributed by atoms with Crippen molar-refractivity contribution in [2.75, 3.05) is 13.1 Å². The summed E-state index contributed by atoms with van der Waals surface area (Å²) in [6.07, 6.45) is 3.01. The van der Waals surface area contributed by atoms with Crippen LogP contribution in [0.15, 0.2) is 16.8 Å². The zero-order chi connectivity index (χ0) is 15.2. The largest absolute Gasteiger partial charge is 0.480 e. The summed E-state index contributed by atoms with van der Waals surface area (Å²) in [5.41, 5.74) is 1.21. The third kappa shape index (κ3) is 4.82. The fourth-order valence-electron chi connectivity index (χ4n) is 2.67. The summed E-state index contributed by atoms with van der Waals surface area (Å²) in [4.78, 5) is 24.6. The van der Waals surface area contributed by atoms with Crippen molar-refractivity contribution in [2.24, 2.45) is 0 Å². The van der Waals surface area contributed by atoms with Gasteiger partial charge >= 0.3 is 5.97 Å². The van der Waals surface area contributed by atoms with Crippen LogP contribution in [-0.2, 0) is 16.0 Å². The van der Waals surface area contributed by atoms with Gasteiger partial charge in [-0.25, -0.2) is 0 Å². The molecule has 2 rings (SSSR count). The number of hydrogen-bond acceptors (Lipinski definition) is 4. The van der Waals surface area contributed by atoms with E-state index in [0.29, 0.717) is 6.42 Å². The normalized spacial score (nSPS) is 21.0. The number of likely N-dealkylation sites (N-methyl/N-ethyl adjacent to an activating group) is 1. The molecule has 1 saturated carbocycles. The van der Waals surface area contributed by atoms with Crippen molar-refractivity contribution in [3.63, 3.8) is 0 Å². The standard InChI is InChI=1S/C15H22N2O3S/c1-2-17(9-15(19)20)13-7-12(8-13)16-14(18)4-3-11-5-6-21-10-11/h5-6,10,12-13H,2-4,7-9H2,1H3,(H,16,18)(H,19,20). The molecule has 1 aliphatic rings. The van der Waals surface area contributed by atoms with Crippen LogP contribution >= 0.6 is 11.3 Å². The quantitative estimate of drug-likeness (QED) is 0.767. The van der Waals surface area contributed by atoms with Crippen LogP contribution in [0, 0.1) is 0 Å². The molecule has 1 aromatic rings. The van der Waals surface area contributed by atoms with Crippen LogP contribution in [0.2, 0.25) is 0 Å². The summed E-state index contributed by atoms with van der Waals surface area (Å²) in [5.74, 6) is -0.703. The summed E-state index contributed by atoms with van der Waals surface area (Å²) in [5, 5.41) is 16.0. The molecule has 6 heteroatoms. The molecule has 0 bridgehead atoms. The lowest BCUT2D eigenvalue weighted by Gasteiger charge is -2.42. The van der Waals surface area contributed by atoms with E-state index in [1.807, 2.05) is 23.3 Å². The van der Waals surface area contributed by atoms with E-state index in [-0.39, 0.29) is 24.5 Å². The number of carboxylic acid groups (broad SMARTS) is 1. The number of carboxylic acids is 1. The Morgan fingerprint density at radius 3 is 2.81 bits per heavy atom. The van der Waals surface area contributed by atoms with E-state index >= 15 is 0 Å². The van der Waals surface area contributed by atoms with E-state index in [4.69, 9.17) is 5.11 Å². The maximum atomic E-state index is 11.8. The maximum Gasteiger partial charge on any atom is 0.317 e. The van der Waals surface area contributed by atoms with Crippen LogP contribution < -0.4 is 5.32 Å². The molecule has 2 N–H and O–H groups in total. The predicted molar refractivity (Wildman–Crippen MR) is 82.5 cm³/mol. The Labute approximate surface area is 129 Å². The first-order chi connectivity index (χ1) is 10.1. The Morgan fingerprint density at radius 1 is 1.48 bits per heavy atom. The number of carbonyl (C=O) groups excluding carboxylic acids is 1. The van der Waals surface area contributed by atoms with Gasteiger partial charge in [-0.2, -0.15) is 11.3 Å². The number of amides is 1. The Bertz CT molecular complexity index is 469. The molecule has 21 heavy (non-hydrogen) atoms. The number of nitrogens with one attached hydrogen (secondary N) is 1. The lowest BCUT2D eigenvalue weighted by atomic mass is 9.85. The van der Waals surface area contributed by atoms with Gasteiger partial charge < -0.3 is 10.4 Å². The summed E-state index contributed by atoms with van der Waals surface area (Å²) in [6.45, 7) is 2.78. The molecule has 0 spiro atoms.